The van der Waals surface area contributed by atoms with E-state index in [1.54, 1.807) is 20.8 Å². The van der Waals surface area contributed by atoms with E-state index < -0.39 is 83.7 Å². The molecule has 2 saturated heterocycles. The molecule has 290 valence electrons. The van der Waals surface area contributed by atoms with E-state index in [1.807, 2.05) is 65.0 Å². The smallest absolute Gasteiger partial charge is 0.308 e. The van der Waals surface area contributed by atoms with Gasteiger partial charge in [-0.15, -0.1) is 0 Å². The van der Waals surface area contributed by atoms with Gasteiger partial charge >= 0.3 is 5.97 Å². The summed E-state index contributed by atoms with van der Waals surface area (Å²) in [6.45, 7) is 14.8. The molecule has 2 aliphatic rings. The summed E-state index contributed by atoms with van der Waals surface area (Å²) in [5.41, 5.74) is 0.967. The van der Waals surface area contributed by atoms with E-state index in [1.165, 1.54) is 21.7 Å². The predicted octanol–water partition coefficient (Wildman–Crippen LogP) is 2.69. The number of aliphatic hydroxyl groups is 1. The molecule has 2 fully saturated rings. The molecule has 5 amide bonds. The van der Waals surface area contributed by atoms with Gasteiger partial charge in [-0.1, -0.05) is 78.8 Å². The summed E-state index contributed by atoms with van der Waals surface area (Å²) in [6.07, 6.45) is 1.08. The lowest BCUT2D eigenvalue weighted by molar-refractivity contribution is -0.154. The fourth-order valence-electron chi connectivity index (χ4n) is 7.57. The molecular weight excluding hydrogens is 666 g/mol. The molecule has 13 heteroatoms. The van der Waals surface area contributed by atoms with Gasteiger partial charge in [0.1, 0.15) is 30.3 Å². The Morgan fingerprint density at radius 3 is 1.77 bits per heavy atom. The van der Waals surface area contributed by atoms with Gasteiger partial charge in [-0.05, 0) is 68.3 Å². The van der Waals surface area contributed by atoms with Crippen LogP contribution in [0.4, 0.5) is 0 Å². The van der Waals surface area contributed by atoms with Crippen LogP contribution in [-0.2, 0) is 35.2 Å². The number of aliphatic hydroxyl groups excluding tert-OH is 1. The normalized spacial score (nSPS) is 21.0. The Labute approximate surface area is 308 Å². The molecular formula is C39H61N5O8. The number of carbonyl (C=O) groups is 6. The number of carbonyl (C=O) groups excluding carboxylic acids is 5. The first-order valence-electron chi connectivity index (χ1n) is 18.8. The van der Waals surface area contributed by atoms with Crippen molar-refractivity contribution in [2.75, 3.05) is 20.1 Å². The van der Waals surface area contributed by atoms with E-state index in [9.17, 15) is 39.0 Å². The Bertz CT molecular complexity index is 1420. The fraction of sp³-hybridized carbons (Fsp3) is 0.692. The van der Waals surface area contributed by atoms with Crippen molar-refractivity contribution in [3.63, 3.8) is 0 Å². The summed E-state index contributed by atoms with van der Waals surface area (Å²) >= 11 is 0. The topological polar surface area (TPSA) is 177 Å². The van der Waals surface area contributed by atoms with Gasteiger partial charge in [0.25, 0.3) is 5.91 Å². The average Bonchev–Trinajstić information content (AvgIpc) is 3.79. The predicted molar refractivity (Wildman–Crippen MR) is 197 cm³/mol. The number of aliphatic carboxylic acids is 1. The molecule has 0 spiro atoms. The summed E-state index contributed by atoms with van der Waals surface area (Å²) in [7, 11) is 1.50. The van der Waals surface area contributed by atoms with Crippen molar-refractivity contribution in [1.29, 1.82) is 0 Å². The zero-order valence-electron chi connectivity index (χ0n) is 32.4. The van der Waals surface area contributed by atoms with Crippen molar-refractivity contribution < 1.29 is 39.0 Å². The van der Waals surface area contributed by atoms with Crippen LogP contribution in [0.2, 0.25) is 0 Å². The summed E-state index contributed by atoms with van der Waals surface area (Å²) in [6, 6.07) is 5.29. The van der Waals surface area contributed by atoms with Crippen LogP contribution in [-0.4, -0.2) is 117 Å². The van der Waals surface area contributed by atoms with Crippen LogP contribution in [0.1, 0.15) is 86.6 Å². The van der Waals surface area contributed by atoms with Crippen LogP contribution >= 0.6 is 0 Å². The van der Waals surface area contributed by atoms with Gasteiger partial charge in [-0.3, -0.25) is 28.8 Å². The number of likely N-dealkylation sites (tertiary alicyclic amines) is 2. The highest BCUT2D eigenvalue weighted by Crippen LogP contribution is 2.26. The third kappa shape index (κ3) is 10.1. The second-order valence-corrected chi connectivity index (χ2v) is 15.8. The maximum Gasteiger partial charge on any atom is 0.308 e. The van der Waals surface area contributed by atoms with Crippen molar-refractivity contribution >= 4 is 35.5 Å². The first-order chi connectivity index (χ1) is 24.4. The van der Waals surface area contributed by atoms with E-state index in [0.29, 0.717) is 45.2 Å². The molecule has 1 aromatic carbocycles. The standard InChI is InChI=1S/C39H61N5O8/c1-22(2)30(26(8)39(51)52)40-34(46)28-17-13-19-43(28)36(48)31(25(7)21-27-15-11-10-12-16-27)41-35(47)29-18-14-20-44(29)37(49)32(23(3)4)42(9)38(50)33(45)24(5)6/h10-12,15-16,22-26,28-33,45H,13-14,17-21H2,1-9H3,(H,40,46)(H,41,47)(H,51,52)/t25-,26-,28+,29+,30-,31+,32-,33-/m1/s1. The minimum atomic E-state index is -1.28. The van der Waals surface area contributed by atoms with Crippen molar-refractivity contribution in [1.82, 2.24) is 25.3 Å². The van der Waals surface area contributed by atoms with Gasteiger partial charge in [0.15, 0.2) is 0 Å². The van der Waals surface area contributed by atoms with Crippen molar-refractivity contribution in [2.45, 2.75) is 124 Å². The number of hydrogen-bond donors (Lipinski definition) is 4. The largest absolute Gasteiger partial charge is 0.481 e. The van der Waals surface area contributed by atoms with Crippen LogP contribution in [0.3, 0.4) is 0 Å². The molecule has 8 atom stereocenters. The third-order valence-corrected chi connectivity index (χ3v) is 10.7. The van der Waals surface area contributed by atoms with Crippen molar-refractivity contribution in [3.05, 3.63) is 35.9 Å². The first kappa shape index (κ1) is 42.4. The quantitative estimate of drug-likeness (QED) is 0.201. The number of nitrogens with zero attached hydrogens (tertiary/aromatic N) is 3. The molecule has 2 aliphatic heterocycles. The van der Waals surface area contributed by atoms with Crippen LogP contribution in [0.15, 0.2) is 30.3 Å². The highest BCUT2D eigenvalue weighted by molar-refractivity contribution is 5.96. The molecule has 3 rings (SSSR count). The van der Waals surface area contributed by atoms with Gasteiger partial charge in [0.05, 0.1) is 5.92 Å². The fourth-order valence-corrected chi connectivity index (χ4v) is 7.57. The molecule has 52 heavy (non-hydrogen) atoms. The highest BCUT2D eigenvalue weighted by atomic mass is 16.4. The van der Waals surface area contributed by atoms with Gasteiger partial charge < -0.3 is 35.5 Å². The Morgan fingerprint density at radius 1 is 0.769 bits per heavy atom. The summed E-state index contributed by atoms with van der Waals surface area (Å²) in [4.78, 5) is 85.6. The van der Waals surface area contributed by atoms with Crippen LogP contribution in [0.25, 0.3) is 0 Å². The molecule has 4 N–H and O–H groups in total. The summed E-state index contributed by atoms with van der Waals surface area (Å²) in [5, 5.41) is 26.0. The molecule has 0 radical (unpaired) electrons. The molecule has 0 aliphatic carbocycles. The number of rotatable bonds is 16. The Balaban J connectivity index is 1.89. The van der Waals surface area contributed by atoms with Gasteiger partial charge in [-0.2, -0.15) is 0 Å². The minimum absolute atomic E-state index is 0.163. The van der Waals surface area contributed by atoms with Gasteiger partial charge in [-0.25, -0.2) is 0 Å². The van der Waals surface area contributed by atoms with Gasteiger partial charge in [0, 0.05) is 26.2 Å². The average molecular weight is 728 g/mol. The lowest BCUT2D eigenvalue weighted by Crippen LogP contribution is -2.60. The summed E-state index contributed by atoms with van der Waals surface area (Å²) < 4.78 is 0. The monoisotopic (exact) mass is 727 g/mol. The maximum absolute atomic E-state index is 14.5. The van der Waals surface area contributed by atoms with Crippen LogP contribution < -0.4 is 10.6 Å². The number of nitrogens with one attached hydrogen (secondary N) is 2. The SMILES string of the molecule is CC(C)[C@@H](NC(=O)[C@@H]1CCCN1C(=O)[C@@H](NC(=O)[C@@H]1CCCN1C(=O)[C@@H](C(C)C)N(C)C(=O)[C@H](O)C(C)C)[C@H](C)Cc1ccccc1)[C@@H](C)C(=O)O. The number of carboxylic acids is 1. The maximum atomic E-state index is 14.5. The van der Waals surface area contributed by atoms with Crippen LogP contribution in [0.5, 0.6) is 0 Å². The molecule has 0 bridgehead atoms. The van der Waals surface area contributed by atoms with Crippen molar-refractivity contribution in [2.24, 2.45) is 29.6 Å². The zero-order chi connectivity index (χ0) is 39.0. The van der Waals surface area contributed by atoms with Crippen molar-refractivity contribution in [3.8, 4) is 0 Å². The lowest BCUT2D eigenvalue weighted by atomic mass is 9.91. The molecule has 1 aromatic rings. The highest BCUT2D eigenvalue weighted by Gasteiger charge is 2.45. The Hall–Kier alpha value is -4.00. The Kier molecular flexibility index (Phi) is 15.2. The molecule has 0 unspecified atom stereocenters. The number of hydrogen-bond acceptors (Lipinski definition) is 7. The first-order valence-corrected chi connectivity index (χ1v) is 18.8. The number of amides is 5. The van der Waals surface area contributed by atoms with E-state index in [2.05, 4.69) is 10.6 Å². The molecule has 2 heterocycles. The summed E-state index contributed by atoms with van der Waals surface area (Å²) in [5.74, 6) is -5.36. The minimum Gasteiger partial charge on any atom is -0.481 e. The second kappa shape index (κ2) is 18.7. The molecule has 0 saturated carbocycles. The second-order valence-electron chi connectivity index (χ2n) is 15.8. The number of likely N-dealkylation sites (N-methyl/N-ethyl adjacent to an activating group) is 1. The molecule has 13 nitrogen and oxygen atoms in total. The number of carboxylic acid groups (broad SMARTS) is 1. The lowest BCUT2D eigenvalue weighted by Gasteiger charge is -2.37. The third-order valence-electron chi connectivity index (χ3n) is 10.7. The van der Waals surface area contributed by atoms with Crippen LogP contribution in [0, 0.1) is 29.6 Å². The zero-order valence-corrected chi connectivity index (χ0v) is 32.4. The van der Waals surface area contributed by atoms with E-state index in [-0.39, 0.29) is 17.8 Å². The van der Waals surface area contributed by atoms with Gasteiger partial charge in [0.2, 0.25) is 23.6 Å². The van der Waals surface area contributed by atoms with E-state index in [0.717, 1.165) is 5.56 Å². The number of benzene rings is 1. The van der Waals surface area contributed by atoms with E-state index >= 15 is 0 Å². The molecule has 0 aromatic heterocycles. The van der Waals surface area contributed by atoms with E-state index in [4.69, 9.17) is 0 Å². The Morgan fingerprint density at radius 2 is 1.29 bits per heavy atom.